The van der Waals surface area contributed by atoms with Crippen LogP contribution in [0.1, 0.15) is 66.9 Å². The summed E-state index contributed by atoms with van der Waals surface area (Å²) >= 11 is 0. The Kier molecular flexibility index (Phi) is 4.34. The predicted octanol–water partition coefficient (Wildman–Crippen LogP) is 4.58. The molecule has 0 bridgehead atoms. The van der Waals surface area contributed by atoms with E-state index in [1.807, 2.05) is 0 Å². The van der Waals surface area contributed by atoms with E-state index in [1.165, 1.54) is 22.3 Å². The van der Waals surface area contributed by atoms with Crippen LogP contribution in [0.15, 0.2) is 48.5 Å². The summed E-state index contributed by atoms with van der Waals surface area (Å²) in [7, 11) is 0. The van der Waals surface area contributed by atoms with Crippen LogP contribution in [0.4, 0.5) is 0 Å². The lowest BCUT2D eigenvalue weighted by molar-refractivity contribution is -0.0691. The highest BCUT2D eigenvalue weighted by Crippen LogP contribution is 2.54. The van der Waals surface area contributed by atoms with E-state index < -0.39 is 0 Å². The number of rotatable bonds is 3. The van der Waals surface area contributed by atoms with Gasteiger partial charge in [-0.3, -0.25) is 4.90 Å². The maximum absolute atomic E-state index is 9.88. The number of hydrogen-bond acceptors (Lipinski definition) is 3. The van der Waals surface area contributed by atoms with Crippen molar-refractivity contribution in [2.45, 2.75) is 63.4 Å². The molecule has 2 heterocycles. The van der Waals surface area contributed by atoms with Gasteiger partial charge in [0.05, 0.1) is 12.1 Å². The monoisotopic (exact) mass is 363 g/mol. The Morgan fingerprint density at radius 1 is 1.07 bits per heavy atom. The van der Waals surface area contributed by atoms with Crippen LogP contribution in [0.2, 0.25) is 0 Å². The number of aliphatic hydroxyl groups is 1. The Balaban J connectivity index is 1.60. The fourth-order valence-electron chi connectivity index (χ4n) is 5.63. The fraction of sp³-hybridized carbons (Fsp3) is 0.500. The first-order valence-electron chi connectivity index (χ1n) is 10.4. The Hall–Kier alpha value is -1.68. The van der Waals surface area contributed by atoms with Gasteiger partial charge in [0, 0.05) is 19.1 Å². The van der Waals surface area contributed by atoms with Crippen molar-refractivity contribution in [1.29, 1.82) is 0 Å². The SMILES string of the molecule is CC(C)c1cccc2c1[C@H]1[C@@H](C2)O[C@@H]2C[C@H](CO)C[C@@H](c3ccccc3)N21. The predicted molar refractivity (Wildman–Crippen MR) is 106 cm³/mol. The topological polar surface area (TPSA) is 32.7 Å². The summed E-state index contributed by atoms with van der Waals surface area (Å²) in [5.74, 6) is 0.831. The molecule has 1 N–H and O–H groups in total. The van der Waals surface area contributed by atoms with E-state index in [0.29, 0.717) is 23.9 Å². The third kappa shape index (κ3) is 2.75. The number of piperidine rings is 1. The van der Waals surface area contributed by atoms with Gasteiger partial charge < -0.3 is 9.84 Å². The van der Waals surface area contributed by atoms with E-state index in [-0.39, 0.29) is 18.9 Å². The molecule has 2 aromatic rings. The largest absolute Gasteiger partial charge is 0.396 e. The number of ether oxygens (including phenoxy) is 1. The van der Waals surface area contributed by atoms with Crippen LogP contribution in [0.5, 0.6) is 0 Å². The molecule has 0 saturated carbocycles. The summed E-state index contributed by atoms with van der Waals surface area (Å²) < 4.78 is 6.61. The molecule has 5 atom stereocenters. The first-order valence-corrected chi connectivity index (χ1v) is 10.4. The van der Waals surface area contributed by atoms with Gasteiger partial charge in [-0.2, -0.15) is 0 Å². The molecule has 0 amide bonds. The molecule has 0 unspecified atom stereocenters. The molecule has 5 rings (SSSR count). The molecule has 0 aromatic heterocycles. The fourth-order valence-corrected chi connectivity index (χ4v) is 5.63. The molecule has 3 nitrogen and oxygen atoms in total. The van der Waals surface area contributed by atoms with E-state index in [0.717, 1.165) is 19.3 Å². The Morgan fingerprint density at radius 2 is 1.89 bits per heavy atom. The smallest absolute Gasteiger partial charge is 0.112 e. The molecular weight excluding hydrogens is 334 g/mol. The van der Waals surface area contributed by atoms with Crippen molar-refractivity contribution in [3.8, 4) is 0 Å². The molecule has 2 aliphatic heterocycles. The van der Waals surface area contributed by atoms with Crippen LogP contribution in [0.3, 0.4) is 0 Å². The number of fused-ring (bicyclic) bond motifs is 5. The zero-order valence-electron chi connectivity index (χ0n) is 16.2. The molecule has 0 radical (unpaired) electrons. The third-order valence-electron chi connectivity index (χ3n) is 6.80. The molecule has 27 heavy (non-hydrogen) atoms. The highest BCUT2D eigenvalue weighted by molar-refractivity contribution is 5.45. The molecule has 0 spiro atoms. The molecule has 2 aromatic carbocycles. The number of aliphatic hydroxyl groups excluding tert-OH is 1. The summed E-state index contributed by atoms with van der Waals surface area (Å²) in [5, 5.41) is 9.88. The zero-order chi connectivity index (χ0) is 18.5. The van der Waals surface area contributed by atoms with Gasteiger partial charge in [0.15, 0.2) is 0 Å². The van der Waals surface area contributed by atoms with Crippen molar-refractivity contribution in [1.82, 2.24) is 4.90 Å². The van der Waals surface area contributed by atoms with Crippen molar-refractivity contribution in [3.63, 3.8) is 0 Å². The summed E-state index contributed by atoms with van der Waals surface area (Å²) in [4.78, 5) is 2.64. The van der Waals surface area contributed by atoms with Gasteiger partial charge in [-0.15, -0.1) is 0 Å². The normalized spacial score (nSPS) is 32.4. The van der Waals surface area contributed by atoms with Crippen LogP contribution in [0, 0.1) is 5.92 Å². The number of benzene rings is 2. The molecule has 1 aliphatic carbocycles. The van der Waals surface area contributed by atoms with Gasteiger partial charge in [-0.05, 0) is 46.9 Å². The first kappa shape index (κ1) is 17.4. The van der Waals surface area contributed by atoms with E-state index in [4.69, 9.17) is 4.74 Å². The van der Waals surface area contributed by atoms with Crippen molar-refractivity contribution in [3.05, 3.63) is 70.8 Å². The van der Waals surface area contributed by atoms with Crippen LogP contribution < -0.4 is 0 Å². The Bertz CT molecular complexity index is 818. The molecular formula is C24H29NO2. The second-order valence-electron chi connectivity index (χ2n) is 8.75. The maximum Gasteiger partial charge on any atom is 0.112 e. The van der Waals surface area contributed by atoms with E-state index in [2.05, 4.69) is 67.3 Å². The van der Waals surface area contributed by atoms with Gasteiger partial charge in [0.1, 0.15) is 6.23 Å². The summed E-state index contributed by atoms with van der Waals surface area (Å²) in [5.41, 5.74) is 5.80. The first-order chi connectivity index (χ1) is 13.2. The third-order valence-corrected chi connectivity index (χ3v) is 6.80. The molecule has 2 fully saturated rings. The number of hydrogen-bond donors (Lipinski definition) is 1. The van der Waals surface area contributed by atoms with Gasteiger partial charge in [-0.25, -0.2) is 0 Å². The van der Waals surface area contributed by atoms with Gasteiger partial charge >= 0.3 is 0 Å². The zero-order valence-corrected chi connectivity index (χ0v) is 16.2. The minimum atomic E-state index is 0.115. The van der Waals surface area contributed by atoms with E-state index in [1.54, 1.807) is 0 Å². The van der Waals surface area contributed by atoms with Crippen molar-refractivity contribution < 1.29 is 9.84 Å². The molecule has 2 saturated heterocycles. The minimum absolute atomic E-state index is 0.115. The van der Waals surface area contributed by atoms with E-state index in [9.17, 15) is 5.11 Å². The van der Waals surface area contributed by atoms with Gasteiger partial charge in [0.25, 0.3) is 0 Å². The molecule has 3 aliphatic rings. The van der Waals surface area contributed by atoms with Crippen LogP contribution >= 0.6 is 0 Å². The van der Waals surface area contributed by atoms with Gasteiger partial charge in [-0.1, -0.05) is 62.4 Å². The minimum Gasteiger partial charge on any atom is -0.396 e. The Labute approximate surface area is 162 Å². The summed E-state index contributed by atoms with van der Waals surface area (Å²) in [6, 6.07) is 18.3. The number of nitrogens with zero attached hydrogens (tertiary/aromatic N) is 1. The van der Waals surface area contributed by atoms with Crippen LogP contribution in [-0.2, 0) is 11.2 Å². The van der Waals surface area contributed by atoms with E-state index >= 15 is 0 Å². The van der Waals surface area contributed by atoms with Gasteiger partial charge in [0.2, 0.25) is 0 Å². The van der Waals surface area contributed by atoms with Crippen molar-refractivity contribution in [2.75, 3.05) is 6.61 Å². The lowest BCUT2D eigenvalue weighted by atomic mass is 9.84. The second kappa shape index (κ2) is 6.73. The molecule has 142 valence electrons. The molecule has 3 heteroatoms. The quantitative estimate of drug-likeness (QED) is 0.866. The van der Waals surface area contributed by atoms with Crippen LogP contribution in [0.25, 0.3) is 0 Å². The summed E-state index contributed by atoms with van der Waals surface area (Å²) in [6.45, 7) is 4.84. The van der Waals surface area contributed by atoms with Crippen molar-refractivity contribution in [2.24, 2.45) is 5.92 Å². The highest BCUT2D eigenvalue weighted by atomic mass is 16.5. The second-order valence-corrected chi connectivity index (χ2v) is 8.75. The summed E-state index contributed by atoms with van der Waals surface area (Å²) in [6.07, 6.45) is 3.31. The highest BCUT2D eigenvalue weighted by Gasteiger charge is 2.53. The lowest BCUT2D eigenvalue weighted by Crippen LogP contribution is -2.43. The lowest BCUT2D eigenvalue weighted by Gasteiger charge is -2.43. The Morgan fingerprint density at radius 3 is 2.63 bits per heavy atom. The van der Waals surface area contributed by atoms with Crippen molar-refractivity contribution >= 4 is 0 Å². The average molecular weight is 364 g/mol. The van der Waals surface area contributed by atoms with Crippen LogP contribution in [-0.4, -0.2) is 28.9 Å². The average Bonchev–Trinajstić information content (AvgIpc) is 3.22. The standard InChI is InChI=1S/C24H29NO2/c1-15(2)19-10-6-9-18-13-21-24(23(18)19)25-20(17-7-4-3-5-8-17)11-16(14-26)12-22(25)27-21/h3-10,15-16,20-22,24,26H,11-14H2,1-2H3/t16-,20+,21-,22-,24-/m1/s1. The maximum atomic E-state index is 9.88.